The van der Waals surface area contributed by atoms with Crippen LogP contribution in [0.3, 0.4) is 0 Å². The molecule has 4 heteroatoms. The van der Waals surface area contributed by atoms with Gasteiger partial charge in [0.2, 0.25) is 0 Å². The van der Waals surface area contributed by atoms with E-state index in [1.807, 2.05) is 19.9 Å². The zero-order chi connectivity index (χ0) is 10.7. The summed E-state index contributed by atoms with van der Waals surface area (Å²) in [5.41, 5.74) is 2.21. The summed E-state index contributed by atoms with van der Waals surface area (Å²) in [5, 5.41) is 8.95. The Morgan fingerprint density at radius 2 is 2.07 bits per heavy atom. The molecule has 14 heavy (non-hydrogen) atoms. The van der Waals surface area contributed by atoms with Crippen molar-refractivity contribution < 1.29 is 9.90 Å². The van der Waals surface area contributed by atoms with Gasteiger partial charge < -0.3 is 5.11 Å². The zero-order valence-corrected chi connectivity index (χ0v) is 9.23. The van der Waals surface area contributed by atoms with Gasteiger partial charge in [-0.2, -0.15) is 0 Å². The minimum Gasteiger partial charge on any atom is -0.478 e. The fourth-order valence-corrected chi connectivity index (χ4v) is 1.87. The number of benzene rings is 1. The molecule has 0 aliphatic rings. The molecule has 0 aliphatic heterocycles. The van der Waals surface area contributed by atoms with Crippen molar-refractivity contribution in [2.75, 3.05) is 7.05 Å². The van der Waals surface area contributed by atoms with E-state index in [0.717, 1.165) is 16.0 Å². The third-order valence-corrected chi connectivity index (χ3v) is 2.77. The SMILES string of the molecule is CNSc1cc(C)c(C)c(C(=O)O)c1. The summed E-state index contributed by atoms with van der Waals surface area (Å²) in [6, 6.07) is 3.66. The molecular formula is C10H13NO2S. The Kier molecular flexibility index (Phi) is 3.55. The van der Waals surface area contributed by atoms with Gasteiger partial charge in [0.15, 0.2) is 0 Å². The minimum absolute atomic E-state index is 0.378. The molecule has 0 aliphatic carbocycles. The van der Waals surface area contributed by atoms with Crippen LogP contribution in [0.2, 0.25) is 0 Å². The first-order valence-electron chi connectivity index (χ1n) is 4.24. The number of aryl methyl sites for hydroxylation is 1. The molecule has 0 heterocycles. The predicted octanol–water partition coefficient (Wildman–Crippen LogP) is 2.23. The second-order valence-corrected chi connectivity index (χ2v) is 4.11. The van der Waals surface area contributed by atoms with Gasteiger partial charge in [-0.15, -0.1) is 0 Å². The Morgan fingerprint density at radius 3 is 2.57 bits per heavy atom. The topological polar surface area (TPSA) is 49.3 Å². The van der Waals surface area contributed by atoms with E-state index >= 15 is 0 Å². The van der Waals surface area contributed by atoms with Gasteiger partial charge in [0.1, 0.15) is 0 Å². The maximum Gasteiger partial charge on any atom is 0.336 e. The summed E-state index contributed by atoms with van der Waals surface area (Å²) < 4.78 is 2.92. The molecule has 2 N–H and O–H groups in total. The fourth-order valence-electron chi connectivity index (χ4n) is 1.23. The van der Waals surface area contributed by atoms with Crippen molar-refractivity contribution in [3.63, 3.8) is 0 Å². The smallest absolute Gasteiger partial charge is 0.336 e. The highest BCUT2D eigenvalue weighted by Crippen LogP contribution is 2.22. The van der Waals surface area contributed by atoms with Crippen LogP contribution < -0.4 is 4.72 Å². The lowest BCUT2D eigenvalue weighted by atomic mass is 10.0. The monoisotopic (exact) mass is 211 g/mol. The molecule has 1 aromatic carbocycles. The van der Waals surface area contributed by atoms with E-state index in [1.165, 1.54) is 11.9 Å². The van der Waals surface area contributed by atoms with Crippen molar-refractivity contribution in [2.24, 2.45) is 0 Å². The Hall–Kier alpha value is -1.00. The van der Waals surface area contributed by atoms with Gasteiger partial charge in [-0.25, -0.2) is 4.79 Å². The van der Waals surface area contributed by atoms with Crippen LogP contribution in [0.15, 0.2) is 17.0 Å². The highest BCUT2D eigenvalue weighted by atomic mass is 32.2. The van der Waals surface area contributed by atoms with E-state index in [0.29, 0.717) is 5.56 Å². The molecule has 0 radical (unpaired) electrons. The molecule has 0 aromatic heterocycles. The van der Waals surface area contributed by atoms with Crippen molar-refractivity contribution in [2.45, 2.75) is 18.7 Å². The third-order valence-electron chi connectivity index (χ3n) is 2.09. The van der Waals surface area contributed by atoms with E-state index in [2.05, 4.69) is 4.72 Å². The summed E-state index contributed by atoms with van der Waals surface area (Å²) in [7, 11) is 1.81. The maximum atomic E-state index is 10.9. The molecular weight excluding hydrogens is 198 g/mol. The van der Waals surface area contributed by atoms with E-state index in [1.54, 1.807) is 13.1 Å². The molecule has 0 fully saturated rings. The third kappa shape index (κ3) is 2.27. The number of hydrogen-bond donors (Lipinski definition) is 2. The largest absolute Gasteiger partial charge is 0.478 e. The van der Waals surface area contributed by atoms with E-state index in [4.69, 9.17) is 5.11 Å². The van der Waals surface area contributed by atoms with Gasteiger partial charge in [-0.05, 0) is 56.1 Å². The number of hydrogen-bond acceptors (Lipinski definition) is 3. The minimum atomic E-state index is -0.871. The first-order chi connectivity index (χ1) is 6.56. The molecule has 1 aromatic rings. The Bertz CT molecular complexity index is 363. The van der Waals surface area contributed by atoms with Crippen LogP contribution >= 0.6 is 11.9 Å². The molecule has 0 unspecified atom stereocenters. The molecule has 3 nitrogen and oxygen atoms in total. The molecule has 0 bridgehead atoms. The van der Waals surface area contributed by atoms with Gasteiger partial charge >= 0.3 is 5.97 Å². The van der Waals surface area contributed by atoms with E-state index < -0.39 is 5.97 Å². The Labute approximate surface area is 87.7 Å². The van der Waals surface area contributed by atoms with Crippen LogP contribution in [-0.4, -0.2) is 18.1 Å². The number of rotatable bonds is 3. The van der Waals surface area contributed by atoms with Gasteiger partial charge in [-0.3, -0.25) is 4.72 Å². The number of carboxylic acid groups (broad SMARTS) is 1. The summed E-state index contributed by atoms with van der Waals surface area (Å²) in [4.78, 5) is 11.8. The van der Waals surface area contributed by atoms with Crippen molar-refractivity contribution in [1.82, 2.24) is 4.72 Å². The van der Waals surface area contributed by atoms with Crippen LogP contribution in [-0.2, 0) is 0 Å². The summed E-state index contributed by atoms with van der Waals surface area (Å²) >= 11 is 1.42. The normalized spacial score (nSPS) is 10.2. The molecule has 0 amide bonds. The van der Waals surface area contributed by atoms with Crippen LogP contribution in [0.4, 0.5) is 0 Å². The molecule has 0 saturated carbocycles. The van der Waals surface area contributed by atoms with Gasteiger partial charge in [0.05, 0.1) is 5.56 Å². The van der Waals surface area contributed by atoms with Crippen molar-refractivity contribution >= 4 is 17.9 Å². The first kappa shape index (κ1) is 11.1. The van der Waals surface area contributed by atoms with E-state index in [-0.39, 0.29) is 0 Å². The second-order valence-electron chi connectivity index (χ2n) is 3.02. The summed E-state index contributed by atoms with van der Waals surface area (Å²) in [5.74, 6) is -0.871. The van der Waals surface area contributed by atoms with Crippen LogP contribution in [0.1, 0.15) is 21.5 Å². The highest BCUT2D eigenvalue weighted by molar-refractivity contribution is 7.97. The summed E-state index contributed by atoms with van der Waals surface area (Å²) in [6.07, 6.45) is 0. The highest BCUT2D eigenvalue weighted by Gasteiger charge is 2.10. The quantitative estimate of drug-likeness (QED) is 0.753. The van der Waals surface area contributed by atoms with Gasteiger partial charge in [-0.1, -0.05) is 0 Å². The maximum absolute atomic E-state index is 10.9. The summed E-state index contributed by atoms with van der Waals surface area (Å²) in [6.45, 7) is 3.74. The van der Waals surface area contributed by atoms with Gasteiger partial charge in [0.25, 0.3) is 0 Å². The first-order valence-corrected chi connectivity index (χ1v) is 5.06. The average Bonchev–Trinajstić information content (AvgIpc) is 2.11. The van der Waals surface area contributed by atoms with Crippen LogP contribution in [0, 0.1) is 13.8 Å². The Balaban J connectivity index is 3.21. The standard InChI is InChI=1S/C10H13NO2S/c1-6-4-8(14-11-3)5-9(7(6)2)10(12)13/h4-5,11H,1-3H3,(H,12,13). The number of carbonyl (C=O) groups is 1. The van der Waals surface area contributed by atoms with Crippen LogP contribution in [0.25, 0.3) is 0 Å². The number of nitrogens with one attached hydrogen (secondary N) is 1. The fraction of sp³-hybridized carbons (Fsp3) is 0.300. The Morgan fingerprint density at radius 1 is 1.43 bits per heavy atom. The van der Waals surface area contributed by atoms with Crippen molar-refractivity contribution in [1.29, 1.82) is 0 Å². The number of carboxylic acids is 1. The van der Waals surface area contributed by atoms with Gasteiger partial charge in [0, 0.05) is 4.90 Å². The predicted molar refractivity (Wildman–Crippen MR) is 57.8 cm³/mol. The lowest BCUT2D eigenvalue weighted by Crippen LogP contribution is -2.02. The average molecular weight is 211 g/mol. The number of aromatic carboxylic acids is 1. The molecule has 0 atom stereocenters. The molecule has 0 spiro atoms. The lowest BCUT2D eigenvalue weighted by Gasteiger charge is -2.07. The van der Waals surface area contributed by atoms with Crippen molar-refractivity contribution in [3.05, 3.63) is 28.8 Å². The second kappa shape index (κ2) is 4.48. The molecule has 76 valence electrons. The zero-order valence-electron chi connectivity index (χ0n) is 8.42. The van der Waals surface area contributed by atoms with Crippen LogP contribution in [0.5, 0.6) is 0 Å². The lowest BCUT2D eigenvalue weighted by molar-refractivity contribution is 0.0695. The van der Waals surface area contributed by atoms with E-state index in [9.17, 15) is 4.79 Å². The molecule has 1 rings (SSSR count). The van der Waals surface area contributed by atoms with Crippen molar-refractivity contribution in [3.8, 4) is 0 Å². The molecule has 0 saturated heterocycles.